The van der Waals surface area contributed by atoms with E-state index >= 15 is 0 Å². The Bertz CT molecular complexity index is 305. The lowest BCUT2D eigenvalue weighted by Gasteiger charge is -2.16. The van der Waals surface area contributed by atoms with Gasteiger partial charge in [-0.05, 0) is 27.6 Å². The predicted octanol–water partition coefficient (Wildman–Crippen LogP) is 2.83. The molecule has 2 N–H and O–H groups in total. The van der Waals surface area contributed by atoms with Crippen molar-refractivity contribution in [2.24, 2.45) is 5.73 Å². The Labute approximate surface area is 93.2 Å². The Morgan fingerprint density at radius 1 is 1.43 bits per heavy atom. The van der Waals surface area contributed by atoms with Crippen LogP contribution in [-0.4, -0.2) is 11.2 Å². The van der Waals surface area contributed by atoms with Crippen LogP contribution in [0, 0.1) is 0 Å². The second-order valence-corrected chi connectivity index (χ2v) is 3.27. The fraction of sp³-hybridized carbons (Fsp3) is 0.286. The molecule has 0 unspecified atom stereocenters. The summed E-state index contributed by atoms with van der Waals surface area (Å²) in [6.07, 6.45) is -1.88. The molecule has 0 saturated heterocycles. The monoisotopic (exact) mass is 290 g/mol. The summed E-state index contributed by atoms with van der Waals surface area (Å²) in [6, 6.07) is -0.729. The van der Waals surface area contributed by atoms with Crippen LogP contribution < -0.4 is 5.73 Å². The Kier molecular flexibility index (Phi) is 4.83. The van der Waals surface area contributed by atoms with Gasteiger partial charge in [0.05, 0.1) is 0 Å². The van der Waals surface area contributed by atoms with Gasteiger partial charge in [-0.2, -0.15) is 13.2 Å². The third-order valence-corrected chi connectivity index (χ3v) is 2.15. The van der Waals surface area contributed by atoms with Crippen LogP contribution >= 0.6 is 28.3 Å². The lowest BCUT2D eigenvalue weighted by Crippen LogP contribution is -2.28. The summed E-state index contributed by atoms with van der Waals surface area (Å²) in [4.78, 5) is 3.64. The van der Waals surface area contributed by atoms with Crippen molar-refractivity contribution in [3.8, 4) is 0 Å². The second-order valence-electron chi connectivity index (χ2n) is 2.42. The summed E-state index contributed by atoms with van der Waals surface area (Å²) >= 11 is 2.95. The van der Waals surface area contributed by atoms with Gasteiger partial charge in [0.1, 0.15) is 6.04 Å². The molecule has 0 bridgehead atoms. The lowest BCUT2D eigenvalue weighted by molar-refractivity contribution is -0.149. The zero-order chi connectivity index (χ0) is 10.1. The molecule has 1 aromatic rings. The van der Waals surface area contributed by atoms with Crippen molar-refractivity contribution in [1.29, 1.82) is 0 Å². The number of aromatic nitrogens is 1. The van der Waals surface area contributed by atoms with Crippen LogP contribution in [0.4, 0.5) is 13.2 Å². The molecule has 14 heavy (non-hydrogen) atoms. The molecule has 0 aliphatic rings. The molecule has 0 aliphatic heterocycles. The van der Waals surface area contributed by atoms with Gasteiger partial charge >= 0.3 is 6.18 Å². The molecule has 0 saturated carbocycles. The number of pyridine rings is 1. The maximum atomic E-state index is 12.1. The van der Waals surface area contributed by atoms with Crippen LogP contribution in [0.1, 0.15) is 11.6 Å². The summed E-state index contributed by atoms with van der Waals surface area (Å²) in [7, 11) is 0. The minimum absolute atomic E-state index is 0. The van der Waals surface area contributed by atoms with E-state index in [0.717, 1.165) is 0 Å². The van der Waals surface area contributed by atoms with Gasteiger partial charge in [0.15, 0.2) is 0 Å². The van der Waals surface area contributed by atoms with E-state index in [1.54, 1.807) is 0 Å². The molecule has 0 amide bonds. The van der Waals surface area contributed by atoms with Crippen molar-refractivity contribution in [1.82, 2.24) is 4.98 Å². The molecule has 0 radical (unpaired) electrons. The summed E-state index contributed by atoms with van der Waals surface area (Å²) in [5.41, 5.74) is 4.98. The molecule has 0 fully saturated rings. The zero-order valence-electron chi connectivity index (χ0n) is 6.75. The highest BCUT2D eigenvalue weighted by Crippen LogP contribution is 2.33. The first-order chi connectivity index (χ1) is 5.93. The van der Waals surface area contributed by atoms with Gasteiger partial charge in [-0.1, -0.05) is 0 Å². The minimum atomic E-state index is -4.43. The number of halogens is 5. The molecular formula is C7H7BrClF3N2. The standard InChI is InChI=1S/C7H6BrF3N2.ClH/c8-5-3-13-2-1-4(5)6(12)7(9,10)11;/h1-3,6H,12H2;1H/t6-;/m0./s1. The molecule has 0 aliphatic carbocycles. The Hall–Kier alpha value is -0.330. The van der Waals surface area contributed by atoms with Crippen LogP contribution in [0.3, 0.4) is 0 Å². The number of nitrogens with two attached hydrogens (primary N) is 1. The molecule has 1 aromatic heterocycles. The van der Waals surface area contributed by atoms with Crippen LogP contribution in [0.25, 0.3) is 0 Å². The van der Waals surface area contributed by atoms with Gasteiger partial charge < -0.3 is 5.73 Å². The van der Waals surface area contributed by atoms with E-state index in [2.05, 4.69) is 20.9 Å². The van der Waals surface area contributed by atoms with Crippen LogP contribution in [0.2, 0.25) is 0 Å². The number of hydrogen-bond donors (Lipinski definition) is 1. The molecular weight excluding hydrogens is 284 g/mol. The maximum Gasteiger partial charge on any atom is 0.407 e. The van der Waals surface area contributed by atoms with Gasteiger partial charge in [0.2, 0.25) is 0 Å². The average molecular weight is 291 g/mol. The Morgan fingerprint density at radius 2 is 2.00 bits per heavy atom. The smallest absolute Gasteiger partial charge is 0.316 e. The maximum absolute atomic E-state index is 12.1. The average Bonchev–Trinajstić information content (AvgIpc) is 2.02. The summed E-state index contributed by atoms with van der Waals surface area (Å²) in [5, 5.41) is 0. The fourth-order valence-corrected chi connectivity index (χ4v) is 1.31. The summed E-state index contributed by atoms with van der Waals surface area (Å²) < 4.78 is 36.7. The van der Waals surface area contributed by atoms with Gasteiger partial charge in [-0.25, -0.2) is 0 Å². The van der Waals surface area contributed by atoms with Crippen molar-refractivity contribution in [3.63, 3.8) is 0 Å². The first-order valence-corrected chi connectivity index (χ1v) is 4.14. The first-order valence-electron chi connectivity index (χ1n) is 3.34. The van der Waals surface area contributed by atoms with Gasteiger partial charge in [0, 0.05) is 16.9 Å². The molecule has 80 valence electrons. The van der Waals surface area contributed by atoms with E-state index in [-0.39, 0.29) is 22.4 Å². The number of rotatable bonds is 1. The largest absolute Gasteiger partial charge is 0.407 e. The molecule has 0 spiro atoms. The number of hydrogen-bond acceptors (Lipinski definition) is 2. The number of nitrogens with zero attached hydrogens (tertiary/aromatic N) is 1. The minimum Gasteiger partial charge on any atom is -0.316 e. The van der Waals surface area contributed by atoms with Crippen molar-refractivity contribution >= 4 is 28.3 Å². The Morgan fingerprint density at radius 3 is 2.43 bits per heavy atom. The van der Waals surface area contributed by atoms with Crippen molar-refractivity contribution in [3.05, 3.63) is 28.5 Å². The van der Waals surface area contributed by atoms with Crippen molar-refractivity contribution < 1.29 is 13.2 Å². The van der Waals surface area contributed by atoms with E-state index in [4.69, 9.17) is 5.73 Å². The topological polar surface area (TPSA) is 38.9 Å². The third-order valence-electron chi connectivity index (χ3n) is 1.49. The van der Waals surface area contributed by atoms with E-state index < -0.39 is 12.2 Å². The fourth-order valence-electron chi connectivity index (χ4n) is 0.814. The second kappa shape index (κ2) is 4.95. The highest BCUT2D eigenvalue weighted by atomic mass is 79.9. The Balaban J connectivity index is 0.00000169. The van der Waals surface area contributed by atoms with E-state index in [9.17, 15) is 13.2 Å². The van der Waals surface area contributed by atoms with E-state index in [0.29, 0.717) is 0 Å². The molecule has 0 aromatic carbocycles. The van der Waals surface area contributed by atoms with Gasteiger partial charge in [-0.3, -0.25) is 4.98 Å². The van der Waals surface area contributed by atoms with E-state index in [1.165, 1.54) is 18.5 Å². The quantitative estimate of drug-likeness (QED) is 0.864. The van der Waals surface area contributed by atoms with Crippen LogP contribution in [-0.2, 0) is 0 Å². The van der Waals surface area contributed by atoms with Crippen molar-refractivity contribution in [2.75, 3.05) is 0 Å². The summed E-state index contributed by atoms with van der Waals surface area (Å²) in [5.74, 6) is 0. The molecule has 1 heterocycles. The molecule has 2 nitrogen and oxygen atoms in total. The SMILES string of the molecule is Cl.N[C@@H](c1ccncc1Br)C(F)(F)F. The lowest BCUT2D eigenvalue weighted by atomic mass is 10.1. The highest BCUT2D eigenvalue weighted by Gasteiger charge is 2.38. The third kappa shape index (κ3) is 3.11. The van der Waals surface area contributed by atoms with Gasteiger partial charge in [0.25, 0.3) is 0 Å². The molecule has 7 heteroatoms. The highest BCUT2D eigenvalue weighted by molar-refractivity contribution is 9.10. The van der Waals surface area contributed by atoms with Crippen LogP contribution in [0.5, 0.6) is 0 Å². The van der Waals surface area contributed by atoms with Crippen LogP contribution in [0.15, 0.2) is 22.9 Å². The zero-order valence-corrected chi connectivity index (χ0v) is 9.16. The first kappa shape index (κ1) is 13.7. The molecule has 1 rings (SSSR count). The van der Waals surface area contributed by atoms with Crippen molar-refractivity contribution in [2.45, 2.75) is 12.2 Å². The normalized spacial score (nSPS) is 13.2. The van der Waals surface area contributed by atoms with E-state index in [1.807, 2.05) is 0 Å². The molecule has 1 atom stereocenters. The predicted molar refractivity (Wildman–Crippen MR) is 52.2 cm³/mol. The summed E-state index contributed by atoms with van der Waals surface area (Å²) in [6.45, 7) is 0. The van der Waals surface area contributed by atoms with Gasteiger partial charge in [-0.15, -0.1) is 12.4 Å². The number of alkyl halides is 3.